The van der Waals surface area contributed by atoms with Crippen LogP contribution in [0.3, 0.4) is 0 Å². The van der Waals surface area contributed by atoms with Crippen molar-refractivity contribution in [3.63, 3.8) is 0 Å². The van der Waals surface area contributed by atoms with E-state index in [1.54, 1.807) is 7.11 Å². The molecule has 1 aliphatic rings. The number of piperidine rings is 1. The minimum atomic E-state index is -0.181. The number of rotatable bonds is 4. The third kappa shape index (κ3) is 3.22. The van der Waals surface area contributed by atoms with E-state index in [0.29, 0.717) is 5.84 Å². The van der Waals surface area contributed by atoms with Gasteiger partial charge in [0.2, 0.25) is 0 Å². The first-order chi connectivity index (χ1) is 9.57. The molecule has 0 aliphatic carbocycles. The Balaban J connectivity index is 1.94. The Bertz CT molecular complexity index is 480. The number of ether oxygens (including phenoxy) is 1. The summed E-state index contributed by atoms with van der Waals surface area (Å²) in [4.78, 5) is 2.39. The van der Waals surface area contributed by atoms with Crippen molar-refractivity contribution in [1.29, 1.82) is 0 Å². The average Bonchev–Trinajstić information content (AvgIpc) is 2.49. The van der Waals surface area contributed by atoms with Gasteiger partial charge in [-0.25, -0.2) is 0 Å². The largest absolute Gasteiger partial charge is 0.497 e. The number of likely N-dealkylation sites (tertiary alicyclic amines) is 1. The fraction of sp³-hybridized carbons (Fsp3) is 0.533. The molecule has 0 radical (unpaired) electrons. The van der Waals surface area contributed by atoms with Gasteiger partial charge in [-0.2, -0.15) is 0 Å². The third-order valence-electron chi connectivity index (χ3n) is 4.23. The Hall–Kier alpha value is -1.75. The summed E-state index contributed by atoms with van der Waals surface area (Å²) in [5, 5.41) is 12.0. The van der Waals surface area contributed by atoms with E-state index in [0.717, 1.165) is 38.2 Å². The number of hydrogen-bond donors (Lipinski definition) is 2. The number of hydrogen-bond acceptors (Lipinski definition) is 4. The molecule has 1 aromatic rings. The van der Waals surface area contributed by atoms with Crippen LogP contribution < -0.4 is 10.5 Å². The number of methoxy groups -OCH3 is 1. The van der Waals surface area contributed by atoms with Crippen LogP contribution in [0.25, 0.3) is 0 Å². The van der Waals surface area contributed by atoms with Crippen molar-refractivity contribution in [2.75, 3.05) is 20.2 Å². The van der Waals surface area contributed by atoms with Gasteiger partial charge in [0.1, 0.15) is 11.6 Å². The molecule has 3 N–H and O–H groups in total. The summed E-state index contributed by atoms with van der Waals surface area (Å²) in [6, 6.07) is 8.14. The van der Waals surface area contributed by atoms with E-state index in [2.05, 4.69) is 29.1 Å². The van der Waals surface area contributed by atoms with Crippen LogP contribution in [0.15, 0.2) is 29.4 Å². The maximum Gasteiger partial charge on any atom is 0.145 e. The summed E-state index contributed by atoms with van der Waals surface area (Å²) in [6.45, 7) is 4.86. The summed E-state index contributed by atoms with van der Waals surface area (Å²) in [7, 11) is 1.68. The van der Waals surface area contributed by atoms with Gasteiger partial charge in [-0.15, -0.1) is 0 Å². The zero-order valence-electron chi connectivity index (χ0n) is 12.2. The molecule has 1 fully saturated rings. The van der Waals surface area contributed by atoms with Crippen LogP contribution in [-0.4, -0.2) is 36.1 Å². The standard InChI is InChI=1S/C15H23N3O2/c1-15(14(16)17-19)6-8-18(9-7-15)11-12-4-3-5-13(10-12)20-2/h3-5,10,19H,6-9,11H2,1-2H3,(H2,16,17). The first-order valence-corrected chi connectivity index (χ1v) is 6.91. The van der Waals surface area contributed by atoms with E-state index >= 15 is 0 Å². The summed E-state index contributed by atoms with van der Waals surface area (Å²) < 4.78 is 5.24. The molecule has 0 amide bonds. The molecule has 0 bridgehead atoms. The van der Waals surface area contributed by atoms with Gasteiger partial charge in [0.25, 0.3) is 0 Å². The maximum atomic E-state index is 8.85. The highest BCUT2D eigenvalue weighted by Gasteiger charge is 2.34. The zero-order chi connectivity index (χ0) is 14.6. The number of nitrogens with two attached hydrogens (primary N) is 1. The lowest BCUT2D eigenvalue weighted by atomic mass is 9.79. The van der Waals surface area contributed by atoms with Gasteiger partial charge in [0.05, 0.1) is 7.11 Å². The van der Waals surface area contributed by atoms with E-state index in [9.17, 15) is 0 Å². The van der Waals surface area contributed by atoms with Gasteiger partial charge >= 0.3 is 0 Å². The molecule has 0 atom stereocenters. The Labute approximate surface area is 120 Å². The van der Waals surface area contributed by atoms with Crippen molar-refractivity contribution in [3.8, 4) is 5.75 Å². The minimum Gasteiger partial charge on any atom is -0.497 e. The van der Waals surface area contributed by atoms with Crippen LogP contribution in [-0.2, 0) is 6.54 Å². The molecule has 5 heteroatoms. The van der Waals surface area contributed by atoms with Gasteiger partial charge < -0.3 is 15.7 Å². The van der Waals surface area contributed by atoms with Crippen LogP contribution >= 0.6 is 0 Å². The third-order valence-corrected chi connectivity index (χ3v) is 4.23. The van der Waals surface area contributed by atoms with Gasteiger partial charge in [0.15, 0.2) is 0 Å². The topological polar surface area (TPSA) is 71.1 Å². The Morgan fingerprint density at radius 1 is 1.45 bits per heavy atom. The second kappa shape index (κ2) is 6.13. The van der Waals surface area contributed by atoms with Crippen molar-refractivity contribution < 1.29 is 9.94 Å². The highest BCUT2D eigenvalue weighted by Crippen LogP contribution is 2.31. The second-order valence-electron chi connectivity index (χ2n) is 5.67. The fourth-order valence-electron chi connectivity index (χ4n) is 2.61. The number of benzene rings is 1. The van der Waals surface area contributed by atoms with Crippen LogP contribution in [0.4, 0.5) is 0 Å². The molecule has 110 valence electrons. The van der Waals surface area contributed by atoms with Gasteiger partial charge in [-0.05, 0) is 43.6 Å². The Morgan fingerprint density at radius 3 is 2.75 bits per heavy atom. The number of nitrogens with zero attached hydrogens (tertiary/aromatic N) is 2. The molecule has 0 saturated carbocycles. The van der Waals surface area contributed by atoms with E-state index in [1.165, 1.54) is 5.56 Å². The van der Waals surface area contributed by atoms with Gasteiger partial charge in [-0.3, -0.25) is 4.90 Å². The molecule has 5 nitrogen and oxygen atoms in total. The van der Waals surface area contributed by atoms with E-state index in [4.69, 9.17) is 15.7 Å². The van der Waals surface area contributed by atoms with Crippen molar-refractivity contribution in [3.05, 3.63) is 29.8 Å². The summed E-state index contributed by atoms with van der Waals surface area (Å²) in [5.74, 6) is 1.24. The smallest absolute Gasteiger partial charge is 0.145 e. The van der Waals surface area contributed by atoms with E-state index < -0.39 is 0 Å². The quantitative estimate of drug-likeness (QED) is 0.382. The molecule has 2 rings (SSSR count). The fourth-order valence-corrected chi connectivity index (χ4v) is 2.61. The minimum absolute atomic E-state index is 0.181. The molecular formula is C15H23N3O2. The highest BCUT2D eigenvalue weighted by atomic mass is 16.5. The summed E-state index contributed by atoms with van der Waals surface area (Å²) >= 11 is 0. The first kappa shape index (κ1) is 14.7. The molecule has 20 heavy (non-hydrogen) atoms. The maximum absolute atomic E-state index is 8.85. The normalized spacial score (nSPS) is 19.8. The molecule has 1 aliphatic heterocycles. The highest BCUT2D eigenvalue weighted by molar-refractivity contribution is 5.85. The van der Waals surface area contributed by atoms with Crippen molar-refractivity contribution >= 4 is 5.84 Å². The zero-order valence-corrected chi connectivity index (χ0v) is 12.2. The van der Waals surface area contributed by atoms with Gasteiger partial charge in [-0.1, -0.05) is 24.2 Å². The molecule has 1 saturated heterocycles. The van der Waals surface area contributed by atoms with Crippen LogP contribution in [0.2, 0.25) is 0 Å². The van der Waals surface area contributed by atoms with E-state index in [-0.39, 0.29) is 5.41 Å². The lowest BCUT2D eigenvalue weighted by Gasteiger charge is -2.38. The molecule has 1 aromatic carbocycles. The predicted octanol–water partition coefficient (Wildman–Crippen LogP) is 2.04. The monoisotopic (exact) mass is 277 g/mol. The lowest BCUT2D eigenvalue weighted by molar-refractivity contribution is 0.153. The molecule has 0 unspecified atom stereocenters. The molecule has 1 heterocycles. The Morgan fingerprint density at radius 2 is 2.15 bits per heavy atom. The average molecular weight is 277 g/mol. The van der Waals surface area contributed by atoms with Crippen molar-refractivity contribution in [2.45, 2.75) is 26.3 Å². The lowest BCUT2D eigenvalue weighted by Crippen LogP contribution is -2.45. The van der Waals surface area contributed by atoms with Crippen LogP contribution in [0.5, 0.6) is 5.75 Å². The van der Waals surface area contributed by atoms with Crippen molar-refractivity contribution in [2.24, 2.45) is 16.3 Å². The van der Waals surface area contributed by atoms with Crippen LogP contribution in [0.1, 0.15) is 25.3 Å². The summed E-state index contributed by atoms with van der Waals surface area (Å²) in [6.07, 6.45) is 1.82. The predicted molar refractivity (Wildman–Crippen MR) is 79.0 cm³/mol. The molecular weight excluding hydrogens is 254 g/mol. The SMILES string of the molecule is COc1cccc(CN2CCC(C)(/C(N)=N/O)CC2)c1. The molecule has 0 aromatic heterocycles. The summed E-state index contributed by atoms with van der Waals surface area (Å²) in [5.41, 5.74) is 6.85. The number of oxime groups is 1. The van der Waals surface area contributed by atoms with E-state index in [1.807, 2.05) is 12.1 Å². The number of amidine groups is 1. The molecule has 0 spiro atoms. The first-order valence-electron chi connectivity index (χ1n) is 6.91. The van der Waals surface area contributed by atoms with Gasteiger partial charge in [0, 0.05) is 12.0 Å². The second-order valence-corrected chi connectivity index (χ2v) is 5.67. The van der Waals surface area contributed by atoms with Crippen molar-refractivity contribution in [1.82, 2.24) is 4.90 Å². The van der Waals surface area contributed by atoms with Crippen LogP contribution in [0, 0.1) is 5.41 Å². The Kier molecular flexibility index (Phi) is 4.49.